The number of aromatic carboxylic acids is 1. The van der Waals surface area contributed by atoms with E-state index < -0.39 is 61.8 Å². The fourth-order valence-electron chi connectivity index (χ4n) is 2.40. The quantitative estimate of drug-likeness (QED) is 0.417. The van der Waals surface area contributed by atoms with Gasteiger partial charge in [-0.25, -0.2) is 14.6 Å². The minimum absolute atomic E-state index is 0.0785. The van der Waals surface area contributed by atoms with Crippen LogP contribution in [0.15, 0.2) is 12.1 Å². The third-order valence-electron chi connectivity index (χ3n) is 3.82. The zero-order valence-electron chi connectivity index (χ0n) is 14.9. The predicted molar refractivity (Wildman–Crippen MR) is 96.5 cm³/mol. The molecule has 1 heterocycles. The zero-order chi connectivity index (χ0) is 23.9. The van der Waals surface area contributed by atoms with Crippen molar-refractivity contribution in [3.63, 3.8) is 0 Å². The lowest BCUT2D eigenvalue weighted by Crippen LogP contribution is -2.54. The molecule has 2 aromatic rings. The van der Waals surface area contributed by atoms with Gasteiger partial charge >= 0.3 is 24.3 Å². The van der Waals surface area contributed by atoms with E-state index in [2.05, 4.69) is 9.72 Å². The zero-order valence-corrected chi connectivity index (χ0v) is 17.2. The highest BCUT2D eigenvalue weighted by molar-refractivity contribution is 7.17. The van der Waals surface area contributed by atoms with E-state index in [0.717, 1.165) is 0 Å². The summed E-state index contributed by atoms with van der Waals surface area (Å²) in [5, 5.41) is 16.1. The van der Waals surface area contributed by atoms with Crippen molar-refractivity contribution >= 4 is 46.5 Å². The lowest BCUT2D eigenvalue weighted by Gasteiger charge is -2.33. The number of benzene rings is 1. The molecule has 0 aliphatic heterocycles. The first-order valence-electron chi connectivity index (χ1n) is 7.83. The summed E-state index contributed by atoms with van der Waals surface area (Å²) in [4.78, 5) is 26.4. The Morgan fingerprint density at radius 3 is 2.10 bits per heavy atom. The summed E-state index contributed by atoms with van der Waals surface area (Å²) in [7, 11) is 0. The molecule has 0 saturated carbocycles. The van der Waals surface area contributed by atoms with Gasteiger partial charge in [0.25, 0.3) is 5.60 Å². The fourth-order valence-corrected chi connectivity index (χ4v) is 4.00. The number of alkyl halides is 6. The Morgan fingerprint density at radius 2 is 1.65 bits per heavy atom. The first-order chi connectivity index (χ1) is 14.1. The summed E-state index contributed by atoms with van der Waals surface area (Å²) in [6.07, 6.45) is -12.4. The van der Waals surface area contributed by atoms with Crippen LogP contribution in [0.3, 0.4) is 0 Å². The number of esters is 1. The first kappa shape index (κ1) is 25.2. The molecular formula is C16H9Cl2F6NO5S. The van der Waals surface area contributed by atoms with Gasteiger partial charge in [0, 0.05) is 11.1 Å². The van der Waals surface area contributed by atoms with Crippen molar-refractivity contribution in [3.8, 4) is 10.4 Å². The number of aliphatic hydroxyl groups is 1. The van der Waals surface area contributed by atoms with Crippen LogP contribution in [0.5, 0.6) is 0 Å². The Bertz CT molecular complexity index is 1020. The van der Waals surface area contributed by atoms with E-state index in [9.17, 15) is 46.1 Å². The van der Waals surface area contributed by atoms with Gasteiger partial charge in [-0.15, -0.1) is 11.3 Å². The Labute approximate surface area is 183 Å². The molecule has 0 unspecified atom stereocenters. The highest BCUT2D eigenvalue weighted by atomic mass is 35.5. The summed E-state index contributed by atoms with van der Waals surface area (Å²) >= 11 is 11.9. The lowest BCUT2D eigenvalue weighted by atomic mass is 9.91. The molecule has 0 aliphatic rings. The van der Waals surface area contributed by atoms with Crippen LogP contribution in [0.2, 0.25) is 10.0 Å². The largest absolute Gasteiger partial charge is 0.476 e. The average Bonchev–Trinajstić information content (AvgIpc) is 3.07. The maximum absolute atomic E-state index is 13.1. The van der Waals surface area contributed by atoms with E-state index in [0.29, 0.717) is 17.4 Å². The Balaban J connectivity index is 2.75. The molecule has 0 saturated heterocycles. The summed E-state index contributed by atoms with van der Waals surface area (Å²) in [5.74, 6) is -2.68. The molecule has 0 spiro atoms. The van der Waals surface area contributed by atoms with Crippen LogP contribution in [-0.2, 0) is 10.3 Å². The summed E-state index contributed by atoms with van der Waals surface area (Å²) in [5.41, 5.74) is -8.35. The van der Waals surface area contributed by atoms with Crippen LogP contribution in [0, 0.1) is 0 Å². The third kappa shape index (κ3) is 4.31. The number of halogens is 8. The maximum atomic E-state index is 13.1. The molecule has 0 amide bonds. The monoisotopic (exact) mass is 511 g/mol. The van der Waals surface area contributed by atoms with Crippen molar-refractivity contribution in [3.05, 3.63) is 38.4 Å². The van der Waals surface area contributed by atoms with Gasteiger partial charge < -0.3 is 14.9 Å². The van der Waals surface area contributed by atoms with Gasteiger partial charge in [0.2, 0.25) is 5.01 Å². The molecule has 31 heavy (non-hydrogen) atoms. The third-order valence-corrected chi connectivity index (χ3v) is 5.77. The molecule has 1 aromatic carbocycles. The summed E-state index contributed by atoms with van der Waals surface area (Å²) in [6.45, 7) is 1.38. The van der Waals surface area contributed by atoms with Crippen molar-refractivity contribution in [1.29, 1.82) is 0 Å². The van der Waals surface area contributed by atoms with E-state index in [1.807, 2.05) is 0 Å². The Morgan fingerprint density at radius 1 is 1.10 bits per heavy atom. The van der Waals surface area contributed by atoms with Crippen LogP contribution in [0.4, 0.5) is 26.3 Å². The minimum atomic E-state index is -6.21. The molecule has 0 aliphatic carbocycles. The van der Waals surface area contributed by atoms with Gasteiger partial charge in [-0.2, -0.15) is 26.3 Å². The van der Waals surface area contributed by atoms with Gasteiger partial charge in [0.1, 0.15) is 0 Å². The maximum Gasteiger partial charge on any atom is 0.430 e. The lowest BCUT2D eigenvalue weighted by molar-refractivity contribution is -0.376. The number of thiazole rings is 1. The van der Waals surface area contributed by atoms with Crippen LogP contribution in [0.1, 0.15) is 32.8 Å². The van der Waals surface area contributed by atoms with Crippen LogP contribution in [0.25, 0.3) is 10.4 Å². The number of carboxylic acids is 1. The van der Waals surface area contributed by atoms with Crippen molar-refractivity contribution < 1.29 is 50.9 Å². The highest BCUT2D eigenvalue weighted by Crippen LogP contribution is 2.53. The van der Waals surface area contributed by atoms with Crippen molar-refractivity contribution in [2.45, 2.75) is 24.9 Å². The number of ether oxygens (including phenoxy) is 1. The van der Waals surface area contributed by atoms with Crippen LogP contribution in [-0.4, -0.2) is 46.1 Å². The van der Waals surface area contributed by atoms with Crippen LogP contribution < -0.4 is 0 Å². The second-order valence-corrected chi connectivity index (χ2v) is 7.47. The molecule has 6 nitrogen and oxygen atoms in total. The highest BCUT2D eigenvalue weighted by Gasteiger charge is 2.72. The Kier molecular flexibility index (Phi) is 6.86. The topological polar surface area (TPSA) is 96.7 Å². The second-order valence-electron chi connectivity index (χ2n) is 5.72. The normalized spacial score (nSPS) is 12.7. The number of hydrogen-bond acceptors (Lipinski definition) is 6. The number of hydrogen-bond donors (Lipinski definition) is 2. The number of carboxylic acid groups (broad SMARTS) is 1. The summed E-state index contributed by atoms with van der Waals surface area (Å²) in [6, 6.07) is 0.806. The molecular weight excluding hydrogens is 503 g/mol. The first-order valence-corrected chi connectivity index (χ1v) is 9.41. The molecule has 0 fully saturated rings. The van der Waals surface area contributed by atoms with Gasteiger partial charge in [-0.1, -0.05) is 35.3 Å². The number of carbonyl (C=O) groups excluding carboxylic acids is 1. The molecule has 2 N–H and O–H groups in total. The van der Waals surface area contributed by atoms with Crippen LogP contribution >= 0.6 is 34.5 Å². The average molecular weight is 512 g/mol. The standard InChI is InChI=1S/C16H9Cl2F6NO5S/c1-2-30-13(28)11-25-9(12(26)27)10(31-11)5-3-4-6(8(18)7(5)17)14(29,15(19,20)21)16(22,23)24/h3-4,29H,2H2,1H3,(H,26,27). The molecule has 0 atom stereocenters. The van der Waals surface area contributed by atoms with Crippen molar-refractivity contribution in [2.24, 2.45) is 0 Å². The molecule has 170 valence electrons. The smallest absolute Gasteiger partial charge is 0.430 e. The molecule has 1 aromatic heterocycles. The van der Waals surface area contributed by atoms with E-state index in [-0.39, 0.29) is 17.6 Å². The Hall–Kier alpha value is -2.09. The number of carbonyl (C=O) groups is 2. The molecule has 15 heteroatoms. The molecule has 2 rings (SSSR count). The second kappa shape index (κ2) is 8.45. The number of nitrogens with zero attached hydrogens (tertiary/aromatic N) is 1. The predicted octanol–water partition coefficient (Wildman–Crippen LogP) is 5.30. The van der Waals surface area contributed by atoms with Crippen molar-refractivity contribution in [2.75, 3.05) is 6.61 Å². The fraction of sp³-hybridized carbons (Fsp3) is 0.312. The summed E-state index contributed by atoms with van der Waals surface area (Å²) < 4.78 is 83.6. The molecule has 0 bridgehead atoms. The van der Waals surface area contributed by atoms with Gasteiger partial charge in [-0.05, 0) is 6.92 Å². The number of aromatic nitrogens is 1. The number of rotatable bonds is 5. The van der Waals surface area contributed by atoms with E-state index >= 15 is 0 Å². The van der Waals surface area contributed by atoms with E-state index in [1.54, 1.807) is 0 Å². The van der Waals surface area contributed by atoms with E-state index in [4.69, 9.17) is 23.2 Å². The van der Waals surface area contributed by atoms with Gasteiger partial charge in [-0.3, -0.25) is 0 Å². The van der Waals surface area contributed by atoms with Crippen molar-refractivity contribution in [1.82, 2.24) is 4.98 Å². The SMILES string of the molecule is CCOC(=O)c1nc(C(=O)O)c(-c2ccc(C(O)(C(F)(F)F)C(F)(F)F)c(Cl)c2Cl)s1. The van der Waals surface area contributed by atoms with Gasteiger partial charge in [0.15, 0.2) is 5.69 Å². The van der Waals surface area contributed by atoms with Gasteiger partial charge in [0.05, 0.1) is 21.5 Å². The van der Waals surface area contributed by atoms with E-state index in [1.165, 1.54) is 6.92 Å². The molecule has 0 radical (unpaired) electrons. The minimum Gasteiger partial charge on any atom is -0.476 e.